The number of benzene rings is 1. The van der Waals surface area contributed by atoms with Crippen molar-refractivity contribution in [2.24, 2.45) is 4.99 Å². The molecular weight excluding hydrogens is 193 g/mol. The molecule has 15 heavy (non-hydrogen) atoms. The summed E-state index contributed by atoms with van der Waals surface area (Å²) >= 11 is 0. The number of hydrogen-bond acceptors (Lipinski definition) is 2. The van der Waals surface area contributed by atoms with Crippen LogP contribution in [0.4, 0.5) is 4.39 Å². The van der Waals surface area contributed by atoms with Gasteiger partial charge in [-0.15, -0.1) is 0 Å². The molecule has 0 aromatic heterocycles. The van der Waals surface area contributed by atoms with Gasteiger partial charge in [-0.1, -0.05) is 18.2 Å². The summed E-state index contributed by atoms with van der Waals surface area (Å²) in [5.74, 6) is -0.239. The molecule has 0 aliphatic rings. The van der Waals surface area contributed by atoms with Gasteiger partial charge < -0.3 is 0 Å². The molecule has 2 nitrogen and oxygen atoms in total. The van der Waals surface area contributed by atoms with E-state index in [2.05, 4.69) is 4.99 Å². The second-order valence-corrected chi connectivity index (χ2v) is 3.16. The van der Waals surface area contributed by atoms with Crippen LogP contribution >= 0.6 is 0 Å². The van der Waals surface area contributed by atoms with E-state index in [1.165, 1.54) is 18.2 Å². The predicted octanol–water partition coefficient (Wildman–Crippen LogP) is 2.95. The topological polar surface area (TPSA) is 29.4 Å². The molecule has 0 aliphatic carbocycles. The van der Waals surface area contributed by atoms with Crippen LogP contribution in [0, 0.1) is 5.82 Å². The van der Waals surface area contributed by atoms with Gasteiger partial charge in [0.05, 0.1) is 6.54 Å². The lowest BCUT2D eigenvalue weighted by molar-refractivity contribution is 0.563. The van der Waals surface area contributed by atoms with Gasteiger partial charge in [-0.2, -0.15) is 0 Å². The summed E-state index contributed by atoms with van der Waals surface area (Å²) in [7, 11) is 0. The average Bonchev–Trinajstić information content (AvgIpc) is 2.25. The average molecular weight is 205 g/mol. The summed E-state index contributed by atoms with van der Waals surface area (Å²) in [6, 6.07) is 6.31. The summed E-state index contributed by atoms with van der Waals surface area (Å²) in [5.41, 5.74) is 2.03. The van der Waals surface area contributed by atoms with Gasteiger partial charge >= 0.3 is 0 Å². The van der Waals surface area contributed by atoms with Crippen molar-refractivity contribution >= 4 is 11.7 Å². The Kier molecular flexibility index (Phi) is 4.45. The van der Waals surface area contributed by atoms with Crippen LogP contribution in [0.2, 0.25) is 0 Å². The van der Waals surface area contributed by atoms with E-state index in [0.29, 0.717) is 13.0 Å². The van der Waals surface area contributed by atoms with E-state index in [9.17, 15) is 9.18 Å². The number of carbonyl (C=O) groups excluding carboxylic acids is 1. The van der Waals surface area contributed by atoms with Crippen molar-refractivity contribution in [1.82, 2.24) is 0 Å². The Morgan fingerprint density at radius 3 is 2.73 bits per heavy atom. The third kappa shape index (κ3) is 3.88. The second-order valence-electron chi connectivity index (χ2n) is 3.16. The molecule has 0 spiro atoms. The standard InChI is InChI=1S/C12H12FNO/c1-10(3-2-8-14-9-15)11-4-6-12(13)7-5-11/h3-7H,2,8H2,1H3. The number of isocyanates is 1. The summed E-state index contributed by atoms with van der Waals surface area (Å²) < 4.78 is 12.6. The molecule has 0 fully saturated rings. The zero-order valence-electron chi connectivity index (χ0n) is 8.53. The van der Waals surface area contributed by atoms with Gasteiger partial charge in [0, 0.05) is 0 Å². The summed E-state index contributed by atoms with van der Waals surface area (Å²) in [6.07, 6.45) is 4.14. The normalized spacial score (nSPS) is 10.9. The molecule has 0 saturated heterocycles. The van der Waals surface area contributed by atoms with Crippen LogP contribution in [-0.4, -0.2) is 12.6 Å². The highest BCUT2D eigenvalue weighted by Crippen LogP contribution is 2.14. The maximum absolute atomic E-state index is 12.6. The molecule has 0 amide bonds. The molecular formula is C12H12FNO. The minimum Gasteiger partial charge on any atom is -0.211 e. The van der Waals surface area contributed by atoms with Gasteiger partial charge in [-0.25, -0.2) is 14.2 Å². The maximum atomic E-state index is 12.6. The summed E-state index contributed by atoms with van der Waals surface area (Å²) in [5, 5.41) is 0. The lowest BCUT2D eigenvalue weighted by Gasteiger charge is -2.00. The first-order valence-corrected chi connectivity index (χ1v) is 4.70. The molecule has 0 N–H and O–H groups in total. The SMILES string of the molecule is CC(=CCCN=C=O)c1ccc(F)cc1. The Morgan fingerprint density at radius 1 is 1.47 bits per heavy atom. The van der Waals surface area contributed by atoms with Crippen LogP contribution in [0.25, 0.3) is 5.57 Å². The number of nitrogens with zero attached hydrogens (tertiary/aromatic N) is 1. The molecule has 1 rings (SSSR count). The van der Waals surface area contributed by atoms with Crippen LogP contribution in [0.5, 0.6) is 0 Å². The maximum Gasteiger partial charge on any atom is 0.234 e. The third-order valence-electron chi connectivity index (χ3n) is 2.06. The van der Waals surface area contributed by atoms with Gasteiger partial charge in [0.25, 0.3) is 0 Å². The van der Waals surface area contributed by atoms with Crippen LogP contribution < -0.4 is 0 Å². The van der Waals surface area contributed by atoms with Gasteiger partial charge in [0.2, 0.25) is 6.08 Å². The van der Waals surface area contributed by atoms with E-state index in [1.807, 2.05) is 13.0 Å². The Morgan fingerprint density at radius 2 is 2.13 bits per heavy atom. The van der Waals surface area contributed by atoms with E-state index < -0.39 is 0 Å². The van der Waals surface area contributed by atoms with E-state index in [0.717, 1.165) is 11.1 Å². The Bertz CT molecular complexity index is 389. The number of aliphatic imine (C=N–C) groups is 1. The first-order valence-electron chi connectivity index (χ1n) is 4.70. The number of allylic oxidation sites excluding steroid dienone is 1. The number of rotatable bonds is 4. The molecule has 0 radical (unpaired) electrons. The van der Waals surface area contributed by atoms with Crippen LogP contribution in [0.15, 0.2) is 35.3 Å². The van der Waals surface area contributed by atoms with E-state index in [-0.39, 0.29) is 5.82 Å². The Hall–Kier alpha value is -1.73. The van der Waals surface area contributed by atoms with Gasteiger partial charge in [-0.05, 0) is 36.6 Å². The minimum absolute atomic E-state index is 0.239. The fraction of sp³-hybridized carbons (Fsp3) is 0.250. The van der Waals surface area contributed by atoms with Crippen molar-refractivity contribution in [2.75, 3.05) is 6.54 Å². The lowest BCUT2D eigenvalue weighted by atomic mass is 10.1. The Balaban J connectivity index is 2.63. The Labute approximate surface area is 88.2 Å². The van der Waals surface area contributed by atoms with E-state index in [4.69, 9.17) is 0 Å². The number of hydrogen-bond donors (Lipinski definition) is 0. The van der Waals surface area contributed by atoms with Crippen LogP contribution in [-0.2, 0) is 4.79 Å². The van der Waals surface area contributed by atoms with E-state index in [1.54, 1.807) is 12.1 Å². The molecule has 0 heterocycles. The highest BCUT2D eigenvalue weighted by atomic mass is 19.1. The molecule has 3 heteroatoms. The molecule has 78 valence electrons. The molecule has 1 aromatic carbocycles. The first-order chi connectivity index (χ1) is 7.24. The van der Waals surface area contributed by atoms with Crippen molar-refractivity contribution in [1.29, 1.82) is 0 Å². The van der Waals surface area contributed by atoms with Gasteiger partial charge in [0.15, 0.2) is 0 Å². The quantitative estimate of drug-likeness (QED) is 0.422. The van der Waals surface area contributed by atoms with Crippen molar-refractivity contribution in [3.05, 3.63) is 41.7 Å². The van der Waals surface area contributed by atoms with Crippen molar-refractivity contribution in [3.63, 3.8) is 0 Å². The largest absolute Gasteiger partial charge is 0.234 e. The first kappa shape index (κ1) is 11.3. The molecule has 0 atom stereocenters. The highest BCUT2D eigenvalue weighted by molar-refractivity contribution is 5.63. The van der Waals surface area contributed by atoms with E-state index >= 15 is 0 Å². The molecule has 1 aromatic rings. The number of halogens is 1. The zero-order valence-corrected chi connectivity index (χ0v) is 8.53. The fourth-order valence-corrected chi connectivity index (χ4v) is 1.22. The van der Waals surface area contributed by atoms with Crippen LogP contribution in [0.1, 0.15) is 18.9 Å². The smallest absolute Gasteiger partial charge is 0.211 e. The summed E-state index contributed by atoms with van der Waals surface area (Å²) in [6.45, 7) is 2.39. The van der Waals surface area contributed by atoms with Crippen molar-refractivity contribution < 1.29 is 9.18 Å². The fourth-order valence-electron chi connectivity index (χ4n) is 1.22. The summed E-state index contributed by atoms with van der Waals surface area (Å²) in [4.78, 5) is 13.2. The second kappa shape index (κ2) is 5.89. The van der Waals surface area contributed by atoms with Crippen LogP contribution in [0.3, 0.4) is 0 Å². The van der Waals surface area contributed by atoms with Crippen molar-refractivity contribution in [3.8, 4) is 0 Å². The monoisotopic (exact) mass is 205 g/mol. The third-order valence-corrected chi connectivity index (χ3v) is 2.06. The molecule has 0 bridgehead atoms. The predicted molar refractivity (Wildman–Crippen MR) is 57.7 cm³/mol. The molecule has 0 saturated carbocycles. The molecule has 0 unspecified atom stereocenters. The van der Waals surface area contributed by atoms with Crippen molar-refractivity contribution in [2.45, 2.75) is 13.3 Å². The van der Waals surface area contributed by atoms with Gasteiger partial charge in [0.1, 0.15) is 5.82 Å². The molecule has 0 aliphatic heterocycles. The zero-order chi connectivity index (χ0) is 11.1. The highest BCUT2D eigenvalue weighted by Gasteiger charge is 1.95. The lowest BCUT2D eigenvalue weighted by Crippen LogP contribution is -1.82. The van der Waals surface area contributed by atoms with Gasteiger partial charge in [-0.3, -0.25) is 0 Å². The minimum atomic E-state index is -0.239.